The summed E-state index contributed by atoms with van der Waals surface area (Å²) in [5, 5.41) is 4.05. The molecule has 0 radical (unpaired) electrons. The Morgan fingerprint density at radius 1 is 1.22 bits per heavy atom. The van der Waals surface area contributed by atoms with Gasteiger partial charge < -0.3 is 10.1 Å². The van der Waals surface area contributed by atoms with Crippen molar-refractivity contribution in [1.29, 1.82) is 0 Å². The Morgan fingerprint density at radius 2 is 1.89 bits per heavy atom. The zero-order valence-corrected chi connectivity index (χ0v) is 12.3. The molecular formula is C15H24ClNO. The molecule has 0 aliphatic carbocycles. The van der Waals surface area contributed by atoms with E-state index in [0.29, 0.717) is 12.0 Å². The third-order valence-electron chi connectivity index (χ3n) is 2.91. The van der Waals surface area contributed by atoms with Crippen molar-refractivity contribution in [2.24, 2.45) is 5.92 Å². The van der Waals surface area contributed by atoms with Crippen LogP contribution in [-0.4, -0.2) is 26.3 Å². The van der Waals surface area contributed by atoms with Gasteiger partial charge in [0.25, 0.3) is 0 Å². The molecule has 1 aromatic rings. The summed E-state index contributed by atoms with van der Waals surface area (Å²) in [4.78, 5) is 0. The molecule has 0 saturated carbocycles. The number of benzene rings is 1. The highest BCUT2D eigenvalue weighted by atomic mass is 35.5. The molecule has 0 aliphatic rings. The second-order valence-electron chi connectivity index (χ2n) is 4.96. The van der Waals surface area contributed by atoms with Crippen LogP contribution in [0.1, 0.15) is 25.8 Å². The van der Waals surface area contributed by atoms with Gasteiger partial charge in [0.15, 0.2) is 0 Å². The zero-order chi connectivity index (χ0) is 13.4. The van der Waals surface area contributed by atoms with E-state index in [4.69, 9.17) is 16.3 Å². The summed E-state index contributed by atoms with van der Waals surface area (Å²) in [5.41, 5.74) is 1.34. The van der Waals surface area contributed by atoms with Gasteiger partial charge in [0.05, 0.1) is 6.10 Å². The van der Waals surface area contributed by atoms with Crippen LogP contribution in [0.15, 0.2) is 24.3 Å². The van der Waals surface area contributed by atoms with Crippen molar-refractivity contribution in [1.82, 2.24) is 5.32 Å². The smallest absolute Gasteiger partial charge is 0.0518 e. The normalized spacial score (nSPS) is 12.9. The molecule has 0 fully saturated rings. The molecule has 0 bridgehead atoms. The Labute approximate surface area is 116 Å². The fourth-order valence-corrected chi connectivity index (χ4v) is 2.12. The number of halogens is 1. The van der Waals surface area contributed by atoms with Gasteiger partial charge in [-0.05, 0) is 63.9 Å². The average Bonchev–Trinajstić information content (AvgIpc) is 2.32. The van der Waals surface area contributed by atoms with E-state index in [1.54, 1.807) is 0 Å². The highest BCUT2D eigenvalue weighted by Gasteiger charge is 2.09. The molecule has 1 unspecified atom stereocenters. The first-order valence-corrected chi connectivity index (χ1v) is 7.00. The van der Waals surface area contributed by atoms with Gasteiger partial charge in [0.2, 0.25) is 0 Å². The molecule has 1 atom stereocenters. The van der Waals surface area contributed by atoms with Crippen LogP contribution in [0.5, 0.6) is 0 Å². The predicted molar refractivity (Wildman–Crippen MR) is 78.3 cm³/mol. The largest absolute Gasteiger partial charge is 0.379 e. The molecule has 0 spiro atoms. The molecule has 1 rings (SSSR count). The number of hydrogen-bond acceptors (Lipinski definition) is 2. The standard InChI is InChI=1S/C15H24ClNO/c1-12(2)18-9-8-14(11-17-3)10-13-4-6-15(16)7-5-13/h4-7,12,14,17H,8-11H2,1-3H3. The number of hydrogen-bond donors (Lipinski definition) is 1. The van der Waals surface area contributed by atoms with Crippen molar-refractivity contribution in [3.8, 4) is 0 Å². The van der Waals surface area contributed by atoms with E-state index in [9.17, 15) is 0 Å². The highest BCUT2D eigenvalue weighted by molar-refractivity contribution is 6.30. The van der Waals surface area contributed by atoms with Gasteiger partial charge in [-0.25, -0.2) is 0 Å². The second kappa shape index (κ2) is 8.52. The van der Waals surface area contributed by atoms with E-state index in [2.05, 4.69) is 31.3 Å². The minimum Gasteiger partial charge on any atom is -0.379 e. The van der Waals surface area contributed by atoms with E-state index in [1.807, 2.05) is 19.2 Å². The van der Waals surface area contributed by atoms with Crippen LogP contribution in [0.3, 0.4) is 0 Å². The van der Waals surface area contributed by atoms with Crippen LogP contribution in [-0.2, 0) is 11.2 Å². The molecular weight excluding hydrogens is 246 g/mol. The Balaban J connectivity index is 2.43. The fourth-order valence-electron chi connectivity index (χ4n) is 1.99. The van der Waals surface area contributed by atoms with Gasteiger partial charge in [-0.3, -0.25) is 0 Å². The van der Waals surface area contributed by atoms with Crippen LogP contribution in [0.2, 0.25) is 5.02 Å². The van der Waals surface area contributed by atoms with Crippen molar-refractivity contribution in [2.75, 3.05) is 20.2 Å². The van der Waals surface area contributed by atoms with E-state index in [-0.39, 0.29) is 0 Å². The maximum atomic E-state index is 5.90. The first-order chi connectivity index (χ1) is 8.61. The maximum absolute atomic E-state index is 5.90. The molecule has 2 nitrogen and oxygen atoms in total. The van der Waals surface area contributed by atoms with Crippen LogP contribution >= 0.6 is 11.6 Å². The van der Waals surface area contributed by atoms with E-state index >= 15 is 0 Å². The summed E-state index contributed by atoms with van der Waals surface area (Å²) in [6.45, 7) is 6.00. The topological polar surface area (TPSA) is 21.3 Å². The molecule has 18 heavy (non-hydrogen) atoms. The Hall–Kier alpha value is -0.570. The highest BCUT2D eigenvalue weighted by Crippen LogP contribution is 2.15. The summed E-state index contributed by atoms with van der Waals surface area (Å²) >= 11 is 5.90. The SMILES string of the molecule is CNCC(CCOC(C)C)Cc1ccc(Cl)cc1. The van der Waals surface area contributed by atoms with Gasteiger partial charge in [0, 0.05) is 11.6 Å². The lowest BCUT2D eigenvalue weighted by molar-refractivity contribution is 0.0684. The van der Waals surface area contributed by atoms with Crippen LogP contribution in [0, 0.1) is 5.92 Å². The Morgan fingerprint density at radius 3 is 2.44 bits per heavy atom. The minimum absolute atomic E-state index is 0.316. The van der Waals surface area contributed by atoms with Crippen LogP contribution in [0.4, 0.5) is 0 Å². The molecule has 0 heterocycles. The van der Waals surface area contributed by atoms with Gasteiger partial charge in [0.1, 0.15) is 0 Å². The summed E-state index contributed by atoms with van der Waals surface area (Å²) < 4.78 is 5.63. The predicted octanol–water partition coefficient (Wildman–Crippen LogP) is 3.53. The van der Waals surface area contributed by atoms with E-state index in [1.165, 1.54) is 5.56 Å². The van der Waals surface area contributed by atoms with Crippen molar-refractivity contribution in [2.45, 2.75) is 32.8 Å². The number of rotatable bonds is 8. The zero-order valence-electron chi connectivity index (χ0n) is 11.6. The minimum atomic E-state index is 0.316. The van der Waals surface area contributed by atoms with Crippen LogP contribution < -0.4 is 5.32 Å². The molecule has 102 valence electrons. The first-order valence-electron chi connectivity index (χ1n) is 6.62. The monoisotopic (exact) mass is 269 g/mol. The lowest BCUT2D eigenvalue weighted by Crippen LogP contribution is -2.22. The number of ether oxygens (including phenoxy) is 1. The van der Waals surface area contributed by atoms with E-state index in [0.717, 1.165) is 31.0 Å². The molecule has 1 N–H and O–H groups in total. The van der Waals surface area contributed by atoms with Crippen molar-refractivity contribution in [3.05, 3.63) is 34.9 Å². The summed E-state index contributed by atoms with van der Waals surface area (Å²) in [6.07, 6.45) is 2.47. The third kappa shape index (κ3) is 6.39. The Kier molecular flexibility index (Phi) is 7.33. The summed E-state index contributed by atoms with van der Waals surface area (Å²) in [6, 6.07) is 8.12. The quantitative estimate of drug-likeness (QED) is 0.780. The molecule has 0 aliphatic heterocycles. The van der Waals surface area contributed by atoms with Crippen molar-refractivity contribution < 1.29 is 4.74 Å². The van der Waals surface area contributed by atoms with Gasteiger partial charge >= 0.3 is 0 Å². The van der Waals surface area contributed by atoms with Crippen molar-refractivity contribution >= 4 is 11.6 Å². The number of nitrogens with one attached hydrogen (secondary N) is 1. The molecule has 1 aromatic carbocycles. The lowest BCUT2D eigenvalue weighted by Gasteiger charge is -2.17. The Bertz CT molecular complexity index is 324. The van der Waals surface area contributed by atoms with Gasteiger partial charge in [-0.2, -0.15) is 0 Å². The maximum Gasteiger partial charge on any atom is 0.0518 e. The summed E-state index contributed by atoms with van der Waals surface area (Å²) in [5.74, 6) is 0.606. The van der Waals surface area contributed by atoms with Gasteiger partial charge in [-0.1, -0.05) is 23.7 Å². The molecule has 0 saturated heterocycles. The lowest BCUT2D eigenvalue weighted by atomic mass is 9.96. The van der Waals surface area contributed by atoms with Crippen LogP contribution in [0.25, 0.3) is 0 Å². The first kappa shape index (κ1) is 15.5. The van der Waals surface area contributed by atoms with Gasteiger partial charge in [-0.15, -0.1) is 0 Å². The third-order valence-corrected chi connectivity index (χ3v) is 3.16. The fraction of sp³-hybridized carbons (Fsp3) is 0.600. The van der Waals surface area contributed by atoms with Crippen molar-refractivity contribution in [3.63, 3.8) is 0 Å². The molecule has 0 aromatic heterocycles. The second-order valence-corrected chi connectivity index (χ2v) is 5.40. The summed E-state index contributed by atoms with van der Waals surface area (Å²) in [7, 11) is 2.00. The molecule has 0 amide bonds. The average molecular weight is 270 g/mol. The molecule has 3 heteroatoms. The van der Waals surface area contributed by atoms with E-state index < -0.39 is 0 Å².